The molecule has 12 rings (SSSR count). The first kappa shape index (κ1) is 32.2. The Morgan fingerprint density at radius 1 is 0.293 bits per heavy atom. The molecule has 0 saturated heterocycles. The average Bonchev–Trinajstić information content (AvgIpc) is 3.93. The van der Waals surface area contributed by atoms with E-state index < -0.39 is 0 Å². The molecule has 0 atom stereocenters. The summed E-state index contributed by atoms with van der Waals surface area (Å²) in [5.41, 5.74) is 12.8. The van der Waals surface area contributed by atoms with Crippen molar-refractivity contribution in [3.8, 4) is 17.1 Å². The number of anilines is 3. The third-order valence-electron chi connectivity index (χ3n) is 11.5. The molecular formula is C51H33N7. The molecule has 7 nitrogen and oxygen atoms in total. The molecular weight excluding hydrogens is 711 g/mol. The van der Waals surface area contributed by atoms with Crippen LogP contribution in [0.4, 0.5) is 17.1 Å². The standard InChI is InChI=1S/C51H33N7/c1-4-19-46-40(16-1)43-22-25-52-31-49(43)56(46)37-13-7-10-34(28-37)55(35-11-8-14-38(29-35)57-47-20-5-2-17-41(47)44-23-26-53-32-50(44)57)36-12-9-15-39(30-36)58-48-21-6-3-18-42(48)45-24-27-54-33-51(45)58/h1-33H. The molecule has 7 heteroatoms. The van der Waals surface area contributed by atoms with Crippen molar-refractivity contribution in [2.24, 2.45) is 0 Å². The van der Waals surface area contributed by atoms with E-state index in [4.69, 9.17) is 0 Å². The Morgan fingerprint density at radius 2 is 0.603 bits per heavy atom. The Morgan fingerprint density at radius 3 is 0.948 bits per heavy atom. The molecule has 0 aliphatic rings. The van der Waals surface area contributed by atoms with E-state index in [0.29, 0.717) is 0 Å². The van der Waals surface area contributed by atoms with Gasteiger partial charge in [0.05, 0.1) is 51.7 Å². The Balaban J connectivity index is 1.10. The van der Waals surface area contributed by atoms with Crippen molar-refractivity contribution in [2.75, 3.05) is 4.90 Å². The smallest absolute Gasteiger partial charge is 0.0724 e. The average molecular weight is 744 g/mol. The van der Waals surface area contributed by atoms with Crippen LogP contribution in [-0.4, -0.2) is 28.7 Å². The fourth-order valence-corrected chi connectivity index (χ4v) is 9.05. The lowest BCUT2D eigenvalue weighted by molar-refractivity contribution is 1.14. The number of benzene rings is 6. The lowest BCUT2D eigenvalue weighted by atomic mass is 10.1. The summed E-state index contributed by atoms with van der Waals surface area (Å²) >= 11 is 0. The second kappa shape index (κ2) is 12.8. The van der Waals surface area contributed by atoms with Gasteiger partial charge in [0, 0.05) is 85.0 Å². The molecule has 12 aromatic rings. The van der Waals surface area contributed by atoms with Gasteiger partial charge in [-0.15, -0.1) is 0 Å². The summed E-state index contributed by atoms with van der Waals surface area (Å²) in [6, 6.07) is 58.5. The van der Waals surface area contributed by atoms with Crippen molar-refractivity contribution < 1.29 is 0 Å². The van der Waals surface area contributed by atoms with Crippen LogP contribution in [0.2, 0.25) is 0 Å². The zero-order chi connectivity index (χ0) is 38.2. The van der Waals surface area contributed by atoms with Gasteiger partial charge in [-0.2, -0.15) is 0 Å². The fourth-order valence-electron chi connectivity index (χ4n) is 9.05. The summed E-state index contributed by atoms with van der Waals surface area (Å²) in [6.07, 6.45) is 11.5. The minimum atomic E-state index is 1.02. The lowest BCUT2D eigenvalue weighted by Gasteiger charge is -2.27. The van der Waals surface area contributed by atoms with E-state index in [9.17, 15) is 0 Å². The van der Waals surface area contributed by atoms with Gasteiger partial charge in [0.2, 0.25) is 0 Å². The van der Waals surface area contributed by atoms with Gasteiger partial charge in [-0.05, 0) is 91.0 Å². The largest absolute Gasteiger partial charge is 0.310 e. The molecule has 6 aromatic heterocycles. The summed E-state index contributed by atoms with van der Waals surface area (Å²) in [5, 5.41) is 7.12. The number of hydrogen-bond donors (Lipinski definition) is 0. The fraction of sp³-hybridized carbons (Fsp3) is 0. The van der Waals surface area contributed by atoms with Crippen LogP contribution in [0.1, 0.15) is 0 Å². The van der Waals surface area contributed by atoms with E-state index in [2.05, 4.69) is 197 Å². The Labute approximate surface area is 332 Å². The Bertz CT molecular complexity index is 3020. The minimum absolute atomic E-state index is 1.02. The topological polar surface area (TPSA) is 56.7 Å². The van der Waals surface area contributed by atoms with E-state index in [1.807, 2.05) is 37.2 Å². The predicted molar refractivity (Wildman–Crippen MR) is 238 cm³/mol. The summed E-state index contributed by atoms with van der Waals surface area (Å²) in [6.45, 7) is 0. The van der Waals surface area contributed by atoms with E-state index in [-0.39, 0.29) is 0 Å². The van der Waals surface area contributed by atoms with Crippen LogP contribution in [-0.2, 0) is 0 Å². The van der Waals surface area contributed by atoms with Crippen LogP contribution in [0.15, 0.2) is 201 Å². The highest BCUT2D eigenvalue weighted by Gasteiger charge is 2.20. The van der Waals surface area contributed by atoms with E-state index in [1.165, 1.54) is 32.3 Å². The summed E-state index contributed by atoms with van der Waals surface area (Å²) in [5.74, 6) is 0. The zero-order valence-electron chi connectivity index (χ0n) is 31.2. The molecule has 0 aliphatic carbocycles. The third kappa shape index (κ3) is 4.83. The Kier molecular flexibility index (Phi) is 7.09. The van der Waals surface area contributed by atoms with Gasteiger partial charge in [-0.3, -0.25) is 15.0 Å². The lowest BCUT2D eigenvalue weighted by Crippen LogP contribution is -2.12. The molecule has 0 amide bonds. The van der Waals surface area contributed by atoms with Crippen molar-refractivity contribution in [3.05, 3.63) is 201 Å². The van der Waals surface area contributed by atoms with Crippen LogP contribution in [0, 0.1) is 0 Å². The molecule has 0 unspecified atom stereocenters. The molecule has 6 heterocycles. The van der Waals surface area contributed by atoms with Gasteiger partial charge in [0.1, 0.15) is 0 Å². The second-order valence-corrected chi connectivity index (χ2v) is 14.6. The highest BCUT2D eigenvalue weighted by atomic mass is 15.2. The highest BCUT2D eigenvalue weighted by Crippen LogP contribution is 2.41. The van der Waals surface area contributed by atoms with Gasteiger partial charge >= 0.3 is 0 Å². The first-order valence-electron chi connectivity index (χ1n) is 19.4. The van der Waals surface area contributed by atoms with Crippen molar-refractivity contribution in [1.82, 2.24) is 28.7 Å². The van der Waals surface area contributed by atoms with E-state index >= 15 is 0 Å². The van der Waals surface area contributed by atoms with Gasteiger partial charge in [0.25, 0.3) is 0 Å². The van der Waals surface area contributed by atoms with Crippen LogP contribution in [0.25, 0.3) is 82.5 Å². The zero-order valence-corrected chi connectivity index (χ0v) is 31.2. The first-order chi connectivity index (χ1) is 28.8. The summed E-state index contributed by atoms with van der Waals surface area (Å²) < 4.78 is 6.97. The van der Waals surface area contributed by atoms with Crippen molar-refractivity contribution in [3.63, 3.8) is 0 Å². The SMILES string of the molecule is c1cc(N(c2cccc(-n3c4ccccc4c4ccncc43)c2)c2cccc(-n3c4ccccc4c4ccncc43)c2)cc(-n2c3ccccc3c3ccncc32)c1. The number of nitrogens with zero attached hydrogens (tertiary/aromatic N) is 7. The highest BCUT2D eigenvalue weighted by molar-refractivity contribution is 6.11. The molecule has 0 N–H and O–H groups in total. The van der Waals surface area contributed by atoms with E-state index in [1.54, 1.807) is 0 Å². The van der Waals surface area contributed by atoms with Gasteiger partial charge in [-0.25, -0.2) is 0 Å². The van der Waals surface area contributed by atoms with Crippen LogP contribution >= 0.6 is 0 Å². The number of aromatic nitrogens is 6. The van der Waals surface area contributed by atoms with Crippen molar-refractivity contribution in [2.45, 2.75) is 0 Å². The minimum Gasteiger partial charge on any atom is -0.310 e. The number of para-hydroxylation sites is 3. The molecule has 0 spiro atoms. The molecule has 0 fully saturated rings. The van der Waals surface area contributed by atoms with Crippen LogP contribution in [0.5, 0.6) is 0 Å². The molecule has 0 bridgehead atoms. The van der Waals surface area contributed by atoms with Gasteiger partial charge in [-0.1, -0.05) is 72.8 Å². The molecule has 6 aromatic carbocycles. The number of pyridine rings is 3. The predicted octanol–water partition coefficient (Wildman–Crippen LogP) is 12.6. The maximum Gasteiger partial charge on any atom is 0.0724 e. The number of rotatable bonds is 6. The van der Waals surface area contributed by atoms with Crippen LogP contribution in [0.3, 0.4) is 0 Å². The number of fused-ring (bicyclic) bond motifs is 9. The quantitative estimate of drug-likeness (QED) is 0.170. The molecule has 0 radical (unpaired) electrons. The monoisotopic (exact) mass is 743 g/mol. The first-order valence-corrected chi connectivity index (χ1v) is 19.4. The van der Waals surface area contributed by atoms with Gasteiger partial charge in [0.15, 0.2) is 0 Å². The molecule has 272 valence electrons. The molecule has 0 aliphatic heterocycles. The van der Waals surface area contributed by atoms with Gasteiger partial charge < -0.3 is 18.6 Å². The maximum absolute atomic E-state index is 4.56. The van der Waals surface area contributed by atoms with Crippen molar-refractivity contribution >= 4 is 82.5 Å². The maximum atomic E-state index is 4.56. The third-order valence-corrected chi connectivity index (χ3v) is 11.5. The van der Waals surface area contributed by atoms with Crippen molar-refractivity contribution in [1.29, 1.82) is 0 Å². The van der Waals surface area contributed by atoms with E-state index in [0.717, 1.165) is 67.2 Å². The van der Waals surface area contributed by atoms with Crippen LogP contribution < -0.4 is 4.90 Å². The molecule has 0 saturated carbocycles. The normalized spacial score (nSPS) is 11.8. The summed E-state index contributed by atoms with van der Waals surface area (Å²) in [4.78, 5) is 16.0. The number of hydrogen-bond acceptors (Lipinski definition) is 4. The second-order valence-electron chi connectivity index (χ2n) is 14.6. The Hall–Kier alpha value is -8.03. The summed E-state index contributed by atoms with van der Waals surface area (Å²) in [7, 11) is 0. The molecule has 58 heavy (non-hydrogen) atoms.